The van der Waals surface area contributed by atoms with Crippen LogP contribution in [0.15, 0.2) is 52.4 Å². The Morgan fingerprint density at radius 3 is 2.82 bits per heavy atom. The molecular weight excluding hydrogens is 220 g/mol. The lowest BCUT2D eigenvalue weighted by Crippen LogP contribution is -2.27. The molecule has 0 amide bonds. The third kappa shape index (κ3) is 1.55. The number of nitrogens with one attached hydrogen (secondary N) is 1. The molecule has 0 atom stereocenters. The fourth-order valence-corrected chi connectivity index (χ4v) is 1.67. The summed E-state index contributed by atoms with van der Waals surface area (Å²) in [6.07, 6.45) is 4.83. The quantitative estimate of drug-likeness (QED) is 0.645. The van der Waals surface area contributed by atoms with Gasteiger partial charge < -0.3 is 0 Å². The van der Waals surface area contributed by atoms with Crippen molar-refractivity contribution >= 4 is 5.52 Å². The highest BCUT2D eigenvalue weighted by Gasteiger charge is 2.01. The maximum absolute atomic E-state index is 11.6. The lowest BCUT2D eigenvalue weighted by Gasteiger charge is -2.04. The van der Waals surface area contributed by atoms with E-state index in [-0.39, 0.29) is 0 Å². The zero-order valence-corrected chi connectivity index (χ0v) is 8.70. The van der Waals surface area contributed by atoms with Gasteiger partial charge in [0.05, 0.1) is 17.4 Å². The second kappa shape index (κ2) is 3.44. The number of hydrogen-bond donors (Lipinski definition) is 1. The highest BCUT2D eigenvalue weighted by Crippen LogP contribution is 2.07. The van der Waals surface area contributed by atoms with E-state index in [1.54, 1.807) is 23.0 Å². The largest absolute Gasteiger partial charge is 0.332 e. The molecule has 3 rings (SSSR count). The van der Waals surface area contributed by atoms with Crippen LogP contribution in [-0.2, 0) is 0 Å². The summed E-state index contributed by atoms with van der Waals surface area (Å²) < 4.78 is 3.01. The Hall–Kier alpha value is -2.63. The van der Waals surface area contributed by atoms with Crippen LogP contribution in [0.5, 0.6) is 0 Å². The Labute approximate surface area is 94.8 Å². The van der Waals surface area contributed by atoms with Gasteiger partial charge in [-0.1, -0.05) is 0 Å². The molecule has 0 bridgehead atoms. The number of hydrogen-bond acceptors (Lipinski definition) is 3. The first-order valence-electron chi connectivity index (χ1n) is 5.00. The first-order chi connectivity index (χ1) is 8.24. The maximum Gasteiger partial charge on any atom is 0.332 e. The van der Waals surface area contributed by atoms with E-state index in [1.165, 1.54) is 16.8 Å². The normalized spacial score (nSPS) is 10.8. The van der Waals surface area contributed by atoms with Crippen LogP contribution in [0.3, 0.4) is 0 Å². The number of aromatic nitrogens is 4. The second-order valence-corrected chi connectivity index (χ2v) is 3.57. The van der Waals surface area contributed by atoms with Crippen molar-refractivity contribution in [3.63, 3.8) is 0 Å². The fourth-order valence-electron chi connectivity index (χ4n) is 1.67. The summed E-state index contributed by atoms with van der Waals surface area (Å²) in [5, 5.41) is 4.08. The number of nitrogens with zero attached hydrogens (tertiary/aromatic N) is 3. The van der Waals surface area contributed by atoms with Crippen molar-refractivity contribution in [3.05, 3.63) is 63.7 Å². The summed E-state index contributed by atoms with van der Waals surface area (Å²) in [6, 6.07) is 6.80. The van der Waals surface area contributed by atoms with Crippen LogP contribution < -0.4 is 11.2 Å². The summed E-state index contributed by atoms with van der Waals surface area (Å²) in [4.78, 5) is 24.8. The molecule has 3 heterocycles. The number of pyridine rings is 1. The van der Waals surface area contributed by atoms with Crippen LogP contribution in [0.4, 0.5) is 0 Å². The van der Waals surface area contributed by atoms with E-state index >= 15 is 0 Å². The molecule has 3 aromatic heterocycles. The van der Waals surface area contributed by atoms with Crippen molar-refractivity contribution in [1.82, 2.24) is 19.2 Å². The van der Waals surface area contributed by atoms with Gasteiger partial charge in [-0.2, -0.15) is 5.10 Å². The predicted octanol–water partition coefficient (Wildman–Crippen LogP) is 0.173. The number of rotatable bonds is 1. The summed E-state index contributed by atoms with van der Waals surface area (Å²) in [5.41, 5.74) is 0.698. The topological polar surface area (TPSA) is 72.2 Å². The van der Waals surface area contributed by atoms with E-state index in [1.807, 2.05) is 12.1 Å². The summed E-state index contributed by atoms with van der Waals surface area (Å²) in [7, 11) is 0. The third-order valence-electron chi connectivity index (χ3n) is 2.48. The van der Waals surface area contributed by atoms with Crippen LogP contribution >= 0.6 is 0 Å². The van der Waals surface area contributed by atoms with E-state index in [0.717, 1.165) is 5.52 Å². The van der Waals surface area contributed by atoms with Crippen LogP contribution in [0, 0.1) is 0 Å². The Bertz CT molecular complexity index is 797. The van der Waals surface area contributed by atoms with Crippen molar-refractivity contribution in [2.45, 2.75) is 0 Å². The molecule has 17 heavy (non-hydrogen) atoms. The lowest BCUT2D eigenvalue weighted by molar-refractivity contribution is 0.870. The molecule has 0 aliphatic rings. The molecular formula is C11H8N4O2. The van der Waals surface area contributed by atoms with E-state index < -0.39 is 11.2 Å². The van der Waals surface area contributed by atoms with Gasteiger partial charge in [0.15, 0.2) is 0 Å². The van der Waals surface area contributed by atoms with Gasteiger partial charge >= 0.3 is 5.69 Å². The minimum Gasteiger partial charge on any atom is -0.274 e. The molecule has 0 radical (unpaired) electrons. The smallest absolute Gasteiger partial charge is 0.274 e. The van der Waals surface area contributed by atoms with Crippen LogP contribution in [0.1, 0.15) is 0 Å². The molecule has 0 saturated heterocycles. The summed E-state index contributed by atoms with van der Waals surface area (Å²) in [6.45, 7) is 0. The first kappa shape index (κ1) is 9.59. The summed E-state index contributed by atoms with van der Waals surface area (Å²) in [5.74, 6) is 0. The van der Waals surface area contributed by atoms with Crippen LogP contribution in [0.25, 0.3) is 11.2 Å². The second-order valence-electron chi connectivity index (χ2n) is 3.57. The Morgan fingerprint density at radius 2 is 2.00 bits per heavy atom. The van der Waals surface area contributed by atoms with Crippen molar-refractivity contribution in [2.24, 2.45) is 0 Å². The molecule has 0 spiro atoms. The van der Waals surface area contributed by atoms with Gasteiger partial charge in [-0.25, -0.2) is 9.31 Å². The fraction of sp³-hybridized carbons (Fsp3) is 0. The molecule has 0 unspecified atom stereocenters. The molecule has 3 aromatic rings. The van der Waals surface area contributed by atoms with Crippen LogP contribution in [-0.4, -0.2) is 19.2 Å². The first-order valence-corrected chi connectivity index (χ1v) is 5.00. The maximum atomic E-state index is 11.6. The van der Waals surface area contributed by atoms with E-state index in [9.17, 15) is 9.59 Å². The SMILES string of the molecule is O=c1ccn(-c2ccc3ccnn3c2)c(=O)[nH]1. The Balaban J connectivity index is 2.26. The van der Waals surface area contributed by atoms with Gasteiger partial charge in [0.1, 0.15) is 0 Å². The molecule has 0 aliphatic heterocycles. The van der Waals surface area contributed by atoms with Crippen molar-refractivity contribution < 1.29 is 0 Å². The average molecular weight is 228 g/mol. The number of H-pyrrole nitrogens is 1. The Morgan fingerprint density at radius 1 is 1.12 bits per heavy atom. The van der Waals surface area contributed by atoms with Gasteiger partial charge in [0.25, 0.3) is 5.56 Å². The van der Waals surface area contributed by atoms with E-state index in [4.69, 9.17) is 0 Å². The monoisotopic (exact) mass is 228 g/mol. The zero-order valence-electron chi connectivity index (χ0n) is 8.70. The highest BCUT2D eigenvalue weighted by atomic mass is 16.2. The molecule has 0 saturated carbocycles. The number of aromatic amines is 1. The van der Waals surface area contributed by atoms with Gasteiger partial charge in [0, 0.05) is 18.5 Å². The molecule has 0 aliphatic carbocycles. The van der Waals surface area contributed by atoms with Gasteiger partial charge in [-0.15, -0.1) is 0 Å². The summed E-state index contributed by atoms with van der Waals surface area (Å²) >= 11 is 0. The molecule has 1 N–H and O–H groups in total. The lowest BCUT2D eigenvalue weighted by atomic mass is 10.3. The van der Waals surface area contributed by atoms with Crippen molar-refractivity contribution in [2.75, 3.05) is 0 Å². The highest BCUT2D eigenvalue weighted by molar-refractivity contribution is 5.48. The van der Waals surface area contributed by atoms with Gasteiger partial charge in [-0.05, 0) is 18.2 Å². The van der Waals surface area contributed by atoms with Crippen LogP contribution in [0.2, 0.25) is 0 Å². The molecule has 84 valence electrons. The molecule has 6 nitrogen and oxygen atoms in total. The van der Waals surface area contributed by atoms with Gasteiger partial charge in [0.2, 0.25) is 0 Å². The zero-order chi connectivity index (χ0) is 11.8. The van der Waals surface area contributed by atoms with Crippen molar-refractivity contribution in [1.29, 1.82) is 0 Å². The third-order valence-corrected chi connectivity index (χ3v) is 2.48. The minimum absolute atomic E-state index is 0.411. The van der Waals surface area contributed by atoms with E-state index in [0.29, 0.717) is 5.69 Å². The molecule has 0 fully saturated rings. The predicted molar refractivity (Wildman–Crippen MR) is 61.4 cm³/mol. The van der Waals surface area contributed by atoms with E-state index in [2.05, 4.69) is 10.1 Å². The van der Waals surface area contributed by atoms with Gasteiger partial charge in [-0.3, -0.25) is 14.3 Å². The molecule has 0 aromatic carbocycles. The molecule has 6 heteroatoms. The minimum atomic E-state index is -0.469. The van der Waals surface area contributed by atoms with Crippen molar-refractivity contribution in [3.8, 4) is 5.69 Å². The number of fused-ring (bicyclic) bond motifs is 1. The Kier molecular flexibility index (Phi) is 1.94. The standard InChI is InChI=1S/C11H8N4O2/c16-10-4-6-14(11(17)13-10)9-2-1-8-3-5-12-15(8)7-9/h1-7H,(H,13,16,17). The average Bonchev–Trinajstić information content (AvgIpc) is 2.75.